The van der Waals surface area contributed by atoms with Gasteiger partial charge in [0.05, 0.1) is 17.3 Å². The summed E-state index contributed by atoms with van der Waals surface area (Å²) >= 11 is 0. The Hall–Kier alpha value is -3.93. The Morgan fingerprint density at radius 3 is 2.40 bits per heavy atom. The van der Waals surface area contributed by atoms with Gasteiger partial charge in [-0.15, -0.1) is 18.9 Å². The first-order chi connectivity index (χ1) is 16.9. The van der Waals surface area contributed by atoms with Crippen molar-refractivity contribution in [2.24, 2.45) is 0 Å². The number of amides is 1. The zero-order valence-electron chi connectivity index (χ0n) is 20.6. The minimum absolute atomic E-state index is 0. The fourth-order valence-electron chi connectivity index (χ4n) is 3.68. The van der Waals surface area contributed by atoms with Crippen LogP contribution in [0, 0.1) is 0 Å². The highest BCUT2D eigenvalue weighted by molar-refractivity contribution is 6.13. The number of carbonyl (C=O) groups is 3. The number of Topliss-reactive ketones (excluding diaryl/α,β-unsaturated/α-hetero) is 1. The van der Waals surface area contributed by atoms with Gasteiger partial charge in [0.25, 0.3) is 5.91 Å². The molecule has 0 saturated carbocycles. The van der Waals surface area contributed by atoms with Crippen molar-refractivity contribution in [3.63, 3.8) is 0 Å². The predicted molar refractivity (Wildman–Crippen MR) is 139 cm³/mol. The standard InChI is InChI=1S/C26H28N2O5.C2H4.H2/c1-5-22-21-8-6-10-24(25(21)26(31)28(22)23(18(2)30)9-7-16-29)33-20-13-11-19(12-14-20)32-17-15-27(3)4;1-2;/h6,8,10-14,16,23H,1,7,9,15,17H2,2-4H3;1-2H2;1H. The van der Waals surface area contributed by atoms with Crippen molar-refractivity contribution in [3.05, 3.63) is 79.1 Å². The van der Waals surface area contributed by atoms with Gasteiger partial charge in [0.15, 0.2) is 5.78 Å². The van der Waals surface area contributed by atoms with Crippen LogP contribution < -0.4 is 9.47 Å². The van der Waals surface area contributed by atoms with Crippen LogP contribution in [0.4, 0.5) is 0 Å². The maximum atomic E-state index is 13.4. The third-order valence-corrected chi connectivity index (χ3v) is 5.32. The van der Waals surface area contributed by atoms with Crippen LogP contribution >= 0.6 is 0 Å². The Labute approximate surface area is 208 Å². The summed E-state index contributed by atoms with van der Waals surface area (Å²) < 4.78 is 11.7. The van der Waals surface area contributed by atoms with E-state index in [0.717, 1.165) is 18.6 Å². The maximum Gasteiger partial charge on any atom is 0.263 e. The van der Waals surface area contributed by atoms with Crippen molar-refractivity contribution >= 4 is 23.7 Å². The molecule has 1 heterocycles. The Balaban J connectivity index is 0.00000211. The molecule has 1 atom stereocenters. The fraction of sp³-hybridized carbons (Fsp3) is 0.286. The number of benzene rings is 2. The van der Waals surface area contributed by atoms with Crippen molar-refractivity contribution in [1.82, 2.24) is 9.80 Å². The molecule has 0 radical (unpaired) electrons. The number of rotatable bonds is 11. The van der Waals surface area contributed by atoms with E-state index in [9.17, 15) is 14.4 Å². The average Bonchev–Trinajstić information content (AvgIpc) is 3.13. The molecule has 0 saturated heterocycles. The van der Waals surface area contributed by atoms with E-state index in [4.69, 9.17) is 9.47 Å². The van der Waals surface area contributed by atoms with E-state index >= 15 is 0 Å². The molecule has 0 fully saturated rings. The monoisotopic (exact) mass is 478 g/mol. The number of ether oxygens (including phenoxy) is 2. The zero-order valence-corrected chi connectivity index (χ0v) is 20.6. The molecular weight excluding hydrogens is 444 g/mol. The molecular formula is C28H34N2O5. The van der Waals surface area contributed by atoms with Crippen LogP contribution in [-0.2, 0) is 9.59 Å². The fourth-order valence-corrected chi connectivity index (χ4v) is 3.68. The second kappa shape index (κ2) is 13.1. The third-order valence-electron chi connectivity index (χ3n) is 5.32. The molecule has 1 aliphatic rings. The van der Waals surface area contributed by atoms with Gasteiger partial charge in [-0.2, -0.15) is 0 Å². The summed E-state index contributed by atoms with van der Waals surface area (Å²) in [4.78, 5) is 40.0. The summed E-state index contributed by atoms with van der Waals surface area (Å²) in [6.07, 6.45) is 1.14. The van der Waals surface area contributed by atoms with Crippen LogP contribution in [0.1, 0.15) is 37.1 Å². The van der Waals surface area contributed by atoms with Gasteiger partial charge in [-0.1, -0.05) is 18.7 Å². The summed E-state index contributed by atoms with van der Waals surface area (Å²) in [5.41, 5.74) is 4.14. The van der Waals surface area contributed by atoms with E-state index in [1.807, 2.05) is 31.1 Å². The van der Waals surface area contributed by atoms with E-state index in [2.05, 4.69) is 25.5 Å². The van der Waals surface area contributed by atoms with Crippen molar-refractivity contribution in [2.45, 2.75) is 25.8 Å². The lowest BCUT2D eigenvalue weighted by Gasteiger charge is -2.25. The number of fused-ring (bicyclic) bond motifs is 1. The molecule has 0 aliphatic carbocycles. The van der Waals surface area contributed by atoms with Gasteiger partial charge >= 0.3 is 0 Å². The normalized spacial score (nSPS) is 12.9. The Morgan fingerprint density at radius 1 is 1.17 bits per heavy atom. The van der Waals surface area contributed by atoms with Gasteiger partial charge in [-0.3, -0.25) is 14.5 Å². The number of hydrogen-bond donors (Lipinski definition) is 0. The second-order valence-corrected chi connectivity index (χ2v) is 7.97. The highest BCUT2D eigenvalue weighted by atomic mass is 16.5. The topological polar surface area (TPSA) is 76.2 Å². The smallest absolute Gasteiger partial charge is 0.263 e. The Kier molecular flexibility index (Phi) is 10.2. The maximum absolute atomic E-state index is 13.4. The van der Waals surface area contributed by atoms with E-state index in [-0.39, 0.29) is 26.0 Å². The molecule has 0 bridgehead atoms. The minimum atomic E-state index is -0.772. The highest BCUT2D eigenvalue weighted by Crippen LogP contribution is 2.41. The largest absolute Gasteiger partial charge is 0.492 e. The molecule has 2 aromatic carbocycles. The first-order valence-electron chi connectivity index (χ1n) is 11.2. The quantitative estimate of drug-likeness (QED) is 0.257. The van der Waals surface area contributed by atoms with E-state index in [0.29, 0.717) is 34.9 Å². The van der Waals surface area contributed by atoms with Gasteiger partial charge in [-0.05, 0) is 57.8 Å². The van der Waals surface area contributed by atoms with Gasteiger partial charge in [0.1, 0.15) is 30.1 Å². The predicted octanol–water partition coefficient (Wildman–Crippen LogP) is 4.99. The molecule has 0 aromatic heterocycles. The van der Waals surface area contributed by atoms with Crippen LogP contribution in [0.15, 0.2) is 67.9 Å². The first kappa shape index (κ1) is 27.3. The van der Waals surface area contributed by atoms with E-state index in [1.165, 1.54) is 11.8 Å². The Bertz CT molecular complexity index is 1110. The van der Waals surface area contributed by atoms with Crippen molar-refractivity contribution in [3.8, 4) is 17.2 Å². The first-order valence-corrected chi connectivity index (χ1v) is 11.2. The number of aldehydes is 1. The molecule has 7 heteroatoms. The molecule has 0 N–H and O–H groups in total. The van der Waals surface area contributed by atoms with Crippen LogP contribution in [0.25, 0.3) is 5.70 Å². The second-order valence-electron chi connectivity index (χ2n) is 7.97. The Morgan fingerprint density at radius 2 is 1.83 bits per heavy atom. The summed E-state index contributed by atoms with van der Waals surface area (Å²) in [7, 11) is 3.96. The van der Waals surface area contributed by atoms with Crippen LogP contribution in [0.3, 0.4) is 0 Å². The number of carbonyl (C=O) groups excluding carboxylic acids is 3. The lowest BCUT2D eigenvalue weighted by atomic mass is 10.1. The summed E-state index contributed by atoms with van der Waals surface area (Å²) in [5, 5.41) is 0. The molecule has 7 nitrogen and oxygen atoms in total. The third kappa shape index (κ3) is 6.57. The van der Waals surface area contributed by atoms with Gasteiger partial charge in [0, 0.05) is 20.0 Å². The number of hydrogen-bond acceptors (Lipinski definition) is 6. The molecule has 1 unspecified atom stereocenters. The van der Waals surface area contributed by atoms with Crippen molar-refractivity contribution in [1.29, 1.82) is 0 Å². The molecule has 35 heavy (non-hydrogen) atoms. The van der Waals surface area contributed by atoms with Crippen LogP contribution in [0.2, 0.25) is 0 Å². The molecule has 0 spiro atoms. The number of likely N-dealkylation sites (N-methyl/N-ethyl adjacent to an activating group) is 1. The number of nitrogens with zero attached hydrogens (tertiary/aromatic N) is 2. The van der Waals surface area contributed by atoms with Gasteiger partial charge < -0.3 is 19.2 Å². The van der Waals surface area contributed by atoms with Crippen molar-refractivity contribution in [2.75, 3.05) is 27.2 Å². The van der Waals surface area contributed by atoms with E-state index < -0.39 is 6.04 Å². The van der Waals surface area contributed by atoms with E-state index in [1.54, 1.807) is 30.3 Å². The molecule has 1 aliphatic heterocycles. The van der Waals surface area contributed by atoms with Crippen LogP contribution in [-0.4, -0.2) is 61.1 Å². The minimum Gasteiger partial charge on any atom is -0.492 e. The van der Waals surface area contributed by atoms with Gasteiger partial charge in [-0.25, -0.2) is 0 Å². The van der Waals surface area contributed by atoms with Crippen molar-refractivity contribution < 1.29 is 25.3 Å². The SMILES string of the molecule is C=C.C=C=C1c2cccc(Oc3ccc(OCCN(C)C)cc3)c2C(=O)N1C(CCC=O)C(C)=O.[HH]. The lowest BCUT2D eigenvalue weighted by Crippen LogP contribution is -2.39. The zero-order chi connectivity index (χ0) is 26.0. The van der Waals surface area contributed by atoms with Crippen LogP contribution in [0.5, 0.6) is 17.2 Å². The number of ketones is 1. The molecule has 1 amide bonds. The molecule has 3 rings (SSSR count). The molecule has 186 valence electrons. The lowest BCUT2D eigenvalue weighted by molar-refractivity contribution is -0.120. The average molecular weight is 479 g/mol. The summed E-state index contributed by atoms with van der Waals surface area (Å²) in [6, 6.07) is 11.6. The molecule has 2 aromatic rings. The highest BCUT2D eigenvalue weighted by Gasteiger charge is 2.40. The summed E-state index contributed by atoms with van der Waals surface area (Å²) in [6.45, 7) is 12.5. The van der Waals surface area contributed by atoms with Gasteiger partial charge in [0.2, 0.25) is 0 Å². The summed E-state index contributed by atoms with van der Waals surface area (Å²) in [5.74, 6) is 1.05.